The van der Waals surface area contributed by atoms with Gasteiger partial charge in [0, 0.05) is 11.1 Å². The summed E-state index contributed by atoms with van der Waals surface area (Å²) in [6.07, 6.45) is 0. The van der Waals surface area contributed by atoms with Crippen LogP contribution in [0.25, 0.3) is 10.6 Å². The van der Waals surface area contributed by atoms with Crippen LogP contribution < -0.4 is 20.7 Å². The molecule has 28 heavy (non-hydrogen) atoms. The minimum absolute atomic E-state index is 0.0975. The highest BCUT2D eigenvalue weighted by molar-refractivity contribution is 7.18. The maximum Gasteiger partial charge on any atom is 0.315 e. The molecule has 0 spiro atoms. The van der Waals surface area contributed by atoms with E-state index in [9.17, 15) is 9.59 Å². The highest BCUT2D eigenvalue weighted by Crippen LogP contribution is 2.28. The lowest BCUT2D eigenvalue weighted by Crippen LogP contribution is -2.54. The minimum atomic E-state index is -0.698. The molecule has 0 unspecified atom stereocenters. The van der Waals surface area contributed by atoms with Gasteiger partial charge in [-0.15, -0.1) is 10.2 Å². The van der Waals surface area contributed by atoms with E-state index in [4.69, 9.17) is 4.74 Å². The van der Waals surface area contributed by atoms with Crippen molar-refractivity contribution in [1.29, 1.82) is 0 Å². The number of carbonyl (C=O) groups is 2. The summed E-state index contributed by atoms with van der Waals surface area (Å²) in [4.78, 5) is 24.8. The van der Waals surface area contributed by atoms with Crippen LogP contribution in [0.2, 0.25) is 0 Å². The average Bonchev–Trinajstić information content (AvgIpc) is 3.06. The third kappa shape index (κ3) is 6.19. The van der Waals surface area contributed by atoms with Gasteiger partial charge < -0.3 is 15.4 Å². The first-order chi connectivity index (χ1) is 13.1. The number of rotatable bonds is 6. The van der Waals surface area contributed by atoms with E-state index in [1.54, 1.807) is 7.11 Å². The second kappa shape index (κ2) is 9.01. The van der Waals surface area contributed by atoms with Crippen LogP contribution in [0.1, 0.15) is 34.6 Å². The van der Waals surface area contributed by atoms with Gasteiger partial charge >= 0.3 is 6.03 Å². The van der Waals surface area contributed by atoms with Crippen molar-refractivity contribution in [2.75, 3.05) is 12.4 Å². The van der Waals surface area contributed by atoms with Crippen LogP contribution in [-0.4, -0.2) is 40.8 Å². The Balaban J connectivity index is 2.05. The smallest absolute Gasteiger partial charge is 0.315 e. The van der Waals surface area contributed by atoms with Crippen molar-refractivity contribution >= 4 is 28.4 Å². The molecule has 0 aliphatic heterocycles. The zero-order valence-corrected chi connectivity index (χ0v) is 17.8. The molecule has 0 radical (unpaired) electrons. The van der Waals surface area contributed by atoms with E-state index in [2.05, 4.69) is 26.1 Å². The van der Waals surface area contributed by atoms with Crippen molar-refractivity contribution in [2.45, 2.75) is 46.2 Å². The maximum absolute atomic E-state index is 12.7. The molecule has 152 valence electrons. The SMILES string of the molecule is COc1ccc(-c2nnc(NC(=O)[C@@H](NC(=O)NC(C)(C)C)C(C)C)s2)cc1. The van der Waals surface area contributed by atoms with Crippen molar-refractivity contribution < 1.29 is 14.3 Å². The molecule has 8 nitrogen and oxygen atoms in total. The zero-order valence-electron chi connectivity index (χ0n) is 17.0. The van der Waals surface area contributed by atoms with E-state index >= 15 is 0 Å². The average molecular weight is 406 g/mol. The fourth-order valence-corrected chi connectivity index (χ4v) is 3.11. The molecule has 0 fully saturated rings. The first-order valence-electron chi connectivity index (χ1n) is 8.96. The number of hydrogen-bond acceptors (Lipinski definition) is 6. The number of aromatic nitrogens is 2. The van der Waals surface area contributed by atoms with Gasteiger partial charge in [0.15, 0.2) is 0 Å². The van der Waals surface area contributed by atoms with Crippen LogP contribution in [-0.2, 0) is 4.79 Å². The number of ether oxygens (including phenoxy) is 1. The predicted octanol–water partition coefficient (Wildman–Crippen LogP) is 3.27. The van der Waals surface area contributed by atoms with Gasteiger partial charge in [0.05, 0.1) is 7.11 Å². The van der Waals surface area contributed by atoms with E-state index in [0.29, 0.717) is 10.1 Å². The number of benzene rings is 1. The molecule has 2 aromatic rings. The summed E-state index contributed by atoms with van der Waals surface area (Å²) in [5, 5.41) is 17.5. The highest BCUT2D eigenvalue weighted by atomic mass is 32.1. The largest absolute Gasteiger partial charge is 0.497 e. The lowest BCUT2D eigenvalue weighted by atomic mass is 10.0. The molecule has 9 heteroatoms. The molecule has 0 saturated carbocycles. The Morgan fingerprint density at radius 1 is 1.11 bits per heavy atom. The molecule has 1 atom stereocenters. The topological polar surface area (TPSA) is 105 Å². The predicted molar refractivity (Wildman–Crippen MR) is 111 cm³/mol. The number of hydrogen-bond donors (Lipinski definition) is 3. The number of amides is 3. The summed E-state index contributed by atoms with van der Waals surface area (Å²) < 4.78 is 5.14. The van der Waals surface area contributed by atoms with E-state index in [0.717, 1.165) is 11.3 Å². The number of urea groups is 1. The number of methoxy groups -OCH3 is 1. The fourth-order valence-electron chi connectivity index (χ4n) is 2.36. The third-order valence-corrected chi connectivity index (χ3v) is 4.60. The van der Waals surface area contributed by atoms with Gasteiger partial charge in [-0.05, 0) is 51.0 Å². The summed E-state index contributed by atoms with van der Waals surface area (Å²) in [5.41, 5.74) is 0.482. The molecule has 1 heterocycles. The second-order valence-corrected chi connectivity index (χ2v) is 8.68. The Morgan fingerprint density at radius 3 is 2.29 bits per heavy atom. The van der Waals surface area contributed by atoms with Crippen LogP contribution in [0.3, 0.4) is 0 Å². The first kappa shape index (κ1) is 21.6. The molecule has 1 aromatic carbocycles. The van der Waals surface area contributed by atoms with Gasteiger partial charge in [0.2, 0.25) is 11.0 Å². The Bertz CT molecular complexity index is 812. The molecule has 0 bridgehead atoms. The van der Waals surface area contributed by atoms with Gasteiger partial charge in [0.1, 0.15) is 16.8 Å². The Hall–Kier alpha value is -2.68. The van der Waals surface area contributed by atoms with E-state index in [1.807, 2.05) is 58.9 Å². The van der Waals surface area contributed by atoms with Crippen LogP contribution >= 0.6 is 11.3 Å². The van der Waals surface area contributed by atoms with Gasteiger partial charge in [-0.1, -0.05) is 25.2 Å². The number of nitrogens with one attached hydrogen (secondary N) is 3. The van der Waals surface area contributed by atoms with Crippen LogP contribution in [0.5, 0.6) is 5.75 Å². The normalized spacial score (nSPS) is 12.4. The van der Waals surface area contributed by atoms with Crippen LogP contribution in [0, 0.1) is 5.92 Å². The first-order valence-corrected chi connectivity index (χ1v) is 9.78. The molecular weight excluding hydrogens is 378 g/mol. The monoisotopic (exact) mass is 405 g/mol. The number of anilines is 1. The maximum atomic E-state index is 12.7. The molecule has 3 N–H and O–H groups in total. The van der Waals surface area contributed by atoms with Gasteiger partial charge in [-0.25, -0.2) is 4.79 Å². The zero-order chi connectivity index (χ0) is 20.9. The molecule has 0 aliphatic carbocycles. The summed E-state index contributed by atoms with van der Waals surface area (Å²) in [6.45, 7) is 9.35. The molecule has 3 amide bonds. The van der Waals surface area contributed by atoms with Crippen molar-refractivity contribution in [2.24, 2.45) is 5.92 Å². The van der Waals surface area contributed by atoms with Crippen LogP contribution in [0.4, 0.5) is 9.93 Å². The lowest BCUT2D eigenvalue weighted by Gasteiger charge is -2.25. The Labute approximate surface area is 169 Å². The van der Waals surface area contributed by atoms with Gasteiger partial charge in [0.25, 0.3) is 0 Å². The summed E-state index contributed by atoms with van der Waals surface area (Å²) in [6, 6.07) is 6.33. The van der Waals surface area contributed by atoms with E-state index in [1.165, 1.54) is 11.3 Å². The second-order valence-electron chi connectivity index (χ2n) is 7.70. The van der Waals surface area contributed by atoms with Crippen molar-refractivity contribution in [3.8, 4) is 16.3 Å². The van der Waals surface area contributed by atoms with Crippen molar-refractivity contribution in [3.63, 3.8) is 0 Å². The lowest BCUT2D eigenvalue weighted by molar-refractivity contribution is -0.118. The molecular formula is C19H27N5O3S. The number of nitrogens with zero attached hydrogens (tertiary/aromatic N) is 2. The molecule has 0 saturated heterocycles. The third-order valence-electron chi connectivity index (χ3n) is 3.72. The Kier molecular flexibility index (Phi) is 6.95. The molecule has 0 aliphatic rings. The number of carbonyl (C=O) groups excluding carboxylic acids is 2. The highest BCUT2D eigenvalue weighted by Gasteiger charge is 2.26. The van der Waals surface area contributed by atoms with Gasteiger partial charge in [-0.3, -0.25) is 10.1 Å². The van der Waals surface area contributed by atoms with Crippen LogP contribution in [0.15, 0.2) is 24.3 Å². The van der Waals surface area contributed by atoms with Crippen molar-refractivity contribution in [1.82, 2.24) is 20.8 Å². The Morgan fingerprint density at radius 2 is 1.75 bits per heavy atom. The summed E-state index contributed by atoms with van der Waals surface area (Å²) in [5.74, 6) is 0.317. The summed E-state index contributed by atoms with van der Waals surface area (Å²) >= 11 is 1.26. The standard InChI is InChI=1S/C19H27N5O3S/c1-11(2)14(20-17(26)22-19(3,4)5)15(25)21-18-24-23-16(28-18)12-7-9-13(27-6)10-8-12/h7-11,14H,1-6H3,(H2,20,22,26)(H,21,24,25)/t14-/m0/s1. The fraction of sp³-hybridized carbons (Fsp3) is 0.474. The quantitative estimate of drug-likeness (QED) is 0.684. The minimum Gasteiger partial charge on any atom is -0.497 e. The summed E-state index contributed by atoms with van der Waals surface area (Å²) in [7, 11) is 1.61. The van der Waals surface area contributed by atoms with E-state index < -0.39 is 17.6 Å². The molecule has 1 aromatic heterocycles. The van der Waals surface area contributed by atoms with Gasteiger partial charge in [-0.2, -0.15) is 0 Å². The molecule has 2 rings (SSSR count). The van der Waals surface area contributed by atoms with E-state index in [-0.39, 0.29) is 11.8 Å². The van der Waals surface area contributed by atoms with Crippen molar-refractivity contribution in [3.05, 3.63) is 24.3 Å².